The Bertz CT molecular complexity index is 705. The van der Waals surface area contributed by atoms with Crippen molar-refractivity contribution >= 4 is 17.2 Å². The van der Waals surface area contributed by atoms with E-state index in [1.54, 1.807) is 7.11 Å². The number of aryl methyl sites for hydroxylation is 1. The zero-order valence-electron chi connectivity index (χ0n) is 15.3. The first-order valence-electron chi connectivity index (χ1n) is 8.59. The van der Waals surface area contributed by atoms with Gasteiger partial charge in [0.25, 0.3) is 0 Å². The van der Waals surface area contributed by atoms with Crippen LogP contribution in [0.15, 0.2) is 18.2 Å². The van der Waals surface area contributed by atoms with Gasteiger partial charge in [-0.05, 0) is 31.9 Å². The average molecular weight is 346 g/mol. The van der Waals surface area contributed by atoms with Crippen molar-refractivity contribution in [3.63, 3.8) is 0 Å². The Balaban J connectivity index is 1.99. The van der Waals surface area contributed by atoms with Crippen LogP contribution in [-0.4, -0.2) is 23.6 Å². The predicted octanol–water partition coefficient (Wildman–Crippen LogP) is 4.63. The average Bonchev–Trinajstić information content (AvgIpc) is 3.14. The summed E-state index contributed by atoms with van der Waals surface area (Å²) in [5.41, 5.74) is 0.883. The van der Waals surface area contributed by atoms with E-state index >= 15 is 0 Å². The zero-order valence-corrected chi connectivity index (χ0v) is 16.1. The number of hydrogen-bond donors (Lipinski definition) is 0. The number of aromatic nitrogens is 2. The Labute approximate surface area is 148 Å². The van der Waals surface area contributed by atoms with Crippen molar-refractivity contribution in [2.24, 2.45) is 0 Å². The van der Waals surface area contributed by atoms with E-state index < -0.39 is 0 Å². The van der Waals surface area contributed by atoms with Gasteiger partial charge in [0.1, 0.15) is 11.6 Å². The van der Waals surface area contributed by atoms with E-state index in [1.807, 2.05) is 11.3 Å². The minimum atomic E-state index is -0.0761. The van der Waals surface area contributed by atoms with Crippen molar-refractivity contribution in [2.45, 2.75) is 58.6 Å². The van der Waals surface area contributed by atoms with Crippen LogP contribution in [0.2, 0.25) is 0 Å². The van der Waals surface area contributed by atoms with Gasteiger partial charge in [0.05, 0.1) is 18.3 Å². The molecule has 0 aromatic carbocycles. The lowest BCUT2D eigenvalue weighted by Crippen LogP contribution is -2.26. The van der Waals surface area contributed by atoms with E-state index in [1.165, 1.54) is 22.6 Å². The van der Waals surface area contributed by atoms with E-state index in [-0.39, 0.29) is 5.41 Å². The van der Waals surface area contributed by atoms with Gasteiger partial charge in [-0.1, -0.05) is 20.8 Å². The summed E-state index contributed by atoms with van der Waals surface area (Å²) in [4.78, 5) is 14.9. The molecule has 0 N–H and O–H groups in total. The molecule has 4 nitrogen and oxygen atoms in total. The Kier molecular flexibility index (Phi) is 4.92. The molecule has 1 saturated heterocycles. The van der Waals surface area contributed by atoms with Crippen molar-refractivity contribution in [1.82, 2.24) is 9.97 Å². The molecule has 3 rings (SSSR count). The van der Waals surface area contributed by atoms with Gasteiger partial charge in [0, 0.05) is 34.9 Å². The molecule has 0 spiro atoms. The summed E-state index contributed by atoms with van der Waals surface area (Å²) >= 11 is 1.90. The molecule has 0 radical (unpaired) electrons. The van der Waals surface area contributed by atoms with Gasteiger partial charge < -0.3 is 9.64 Å². The number of rotatable bonds is 4. The molecule has 0 saturated carbocycles. The Morgan fingerprint density at radius 3 is 2.71 bits per heavy atom. The molecule has 2 aromatic heterocycles. The van der Waals surface area contributed by atoms with Crippen LogP contribution in [0.1, 0.15) is 60.9 Å². The maximum atomic E-state index is 5.32. The topological polar surface area (TPSA) is 38.2 Å². The number of nitrogens with zero attached hydrogens (tertiary/aromatic N) is 3. The molecule has 0 bridgehead atoms. The molecular formula is C19H27N3OS. The maximum absolute atomic E-state index is 5.32. The molecule has 3 heterocycles. The van der Waals surface area contributed by atoms with Crippen LogP contribution in [-0.2, 0) is 16.8 Å². The highest BCUT2D eigenvalue weighted by Gasteiger charge is 2.30. The first-order valence-corrected chi connectivity index (χ1v) is 9.40. The maximum Gasteiger partial charge on any atom is 0.136 e. The van der Waals surface area contributed by atoms with Gasteiger partial charge in [-0.3, -0.25) is 0 Å². The third kappa shape index (κ3) is 3.62. The van der Waals surface area contributed by atoms with Crippen molar-refractivity contribution in [3.8, 4) is 0 Å². The number of methoxy groups -OCH3 is 1. The standard InChI is InChI=1S/C19H27N3OS/c1-13-8-9-16(24-13)15-7-6-10-22(15)17-11-14(12-23-5)20-18(21-17)19(2,3)4/h8-9,11,15H,6-7,10,12H2,1-5H3. The van der Waals surface area contributed by atoms with Crippen LogP contribution in [0.4, 0.5) is 5.82 Å². The zero-order chi connectivity index (χ0) is 17.3. The molecule has 0 amide bonds. The van der Waals surface area contributed by atoms with E-state index in [4.69, 9.17) is 14.7 Å². The van der Waals surface area contributed by atoms with E-state index in [0.29, 0.717) is 12.6 Å². The van der Waals surface area contributed by atoms with Crippen LogP contribution < -0.4 is 4.90 Å². The predicted molar refractivity (Wildman–Crippen MR) is 99.8 cm³/mol. The number of hydrogen-bond acceptors (Lipinski definition) is 5. The van der Waals surface area contributed by atoms with Gasteiger partial charge in [-0.2, -0.15) is 0 Å². The molecule has 1 unspecified atom stereocenters. The van der Waals surface area contributed by atoms with Gasteiger partial charge in [0.2, 0.25) is 0 Å². The van der Waals surface area contributed by atoms with Gasteiger partial charge in [-0.15, -0.1) is 11.3 Å². The fourth-order valence-corrected chi connectivity index (χ4v) is 4.18. The summed E-state index contributed by atoms with van der Waals surface area (Å²) in [6, 6.07) is 7.01. The fraction of sp³-hybridized carbons (Fsp3) is 0.579. The molecule has 1 atom stereocenters. The molecule has 1 aliphatic heterocycles. The summed E-state index contributed by atoms with van der Waals surface area (Å²) in [6.07, 6.45) is 2.39. The third-order valence-corrected chi connectivity index (χ3v) is 5.47. The minimum Gasteiger partial charge on any atom is -0.378 e. The van der Waals surface area contributed by atoms with E-state index in [0.717, 1.165) is 23.9 Å². The SMILES string of the molecule is COCc1cc(N2CCCC2c2ccc(C)s2)nc(C(C)(C)C)n1. The van der Waals surface area contributed by atoms with Crippen LogP contribution in [0.5, 0.6) is 0 Å². The lowest BCUT2D eigenvalue weighted by atomic mass is 9.95. The van der Waals surface area contributed by atoms with Crippen LogP contribution in [0.25, 0.3) is 0 Å². The fourth-order valence-electron chi connectivity index (χ4n) is 3.16. The Morgan fingerprint density at radius 2 is 2.08 bits per heavy atom. The molecule has 0 aliphatic carbocycles. The quantitative estimate of drug-likeness (QED) is 0.809. The third-order valence-electron chi connectivity index (χ3n) is 4.37. The molecule has 2 aromatic rings. The first kappa shape index (κ1) is 17.4. The minimum absolute atomic E-state index is 0.0761. The highest BCUT2D eigenvalue weighted by atomic mass is 32.1. The molecule has 1 fully saturated rings. The largest absolute Gasteiger partial charge is 0.378 e. The van der Waals surface area contributed by atoms with Crippen molar-refractivity contribution < 1.29 is 4.74 Å². The highest BCUT2D eigenvalue weighted by molar-refractivity contribution is 7.12. The molecule has 24 heavy (non-hydrogen) atoms. The smallest absolute Gasteiger partial charge is 0.136 e. The number of thiophene rings is 1. The Morgan fingerprint density at radius 1 is 1.29 bits per heavy atom. The monoisotopic (exact) mass is 345 g/mol. The second-order valence-electron chi connectivity index (χ2n) is 7.52. The molecule has 130 valence electrons. The normalized spacial score (nSPS) is 18.4. The lowest BCUT2D eigenvalue weighted by molar-refractivity contribution is 0.181. The van der Waals surface area contributed by atoms with Crippen LogP contribution in [0, 0.1) is 6.92 Å². The van der Waals surface area contributed by atoms with Crippen molar-refractivity contribution in [3.05, 3.63) is 39.5 Å². The highest BCUT2D eigenvalue weighted by Crippen LogP contribution is 2.38. The molecular weight excluding hydrogens is 318 g/mol. The van der Waals surface area contributed by atoms with Gasteiger partial charge >= 0.3 is 0 Å². The lowest BCUT2D eigenvalue weighted by Gasteiger charge is -2.27. The first-order chi connectivity index (χ1) is 11.4. The second kappa shape index (κ2) is 6.81. The van der Waals surface area contributed by atoms with Gasteiger partial charge in [0.15, 0.2) is 0 Å². The number of ether oxygens (including phenoxy) is 1. The number of anilines is 1. The summed E-state index contributed by atoms with van der Waals surface area (Å²) in [7, 11) is 1.71. The van der Waals surface area contributed by atoms with E-state index in [9.17, 15) is 0 Å². The van der Waals surface area contributed by atoms with Crippen LogP contribution in [0.3, 0.4) is 0 Å². The summed E-state index contributed by atoms with van der Waals surface area (Å²) in [5.74, 6) is 1.93. The summed E-state index contributed by atoms with van der Waals surface area (Å²) in [5, 5.41) is 0. The van der Waals surface area contributed by atoms with Gasteiger partial charge in [-0.25, -0.2) is 9.97 Å². The molecule has 1 aliphatic rings. The summed E-state index contributed by atoms with van der Waals surface area (Å²) in [6.45, 7) is 10.2. The van der Waals surface area contributed by atoms with Crippen molar-refractivity contribution in [1.29, 1.82) is 0 Å². The van der Waals surface area contributed by atoms with Crippen molar-refractivity contribution in [2.75, 3.05) is 18.6 Å². The van der Waals surface area contributed by atoms with Crippen LogP contribution >= 0.6 is 11.3 Å². The Hall–Kier alpha value is -1.46. The molecule has 5 heteroatoms. The summed E-state index contributed by atoms with van der Waals surface area (Å²) < 4.78 is 5.32. The van der Waals surface area contributed by atoms with E-state index in [2.05, 4.69) is 50.8 Å². The second-order valence-corrected chi connectivity index (χ2v) is 8.84.